The highest BCUT2D eigenvalue weighted by atomic mass is 32.1. The smallest absolute Gasteiger partial charge is 0.253 e. The van der Waals surface area contributed by atoms with Crippen molar-refractivity contribution in [1.29, 1.82) is 0 Å². The summed E-state index contributed by atoms with van der Waals surface area (Å²) in [6, 6.07) is -0.841. The van der Waals surface area contributed by atoms with Gasteiger partial charge >= 0.3 is 0 Å². The Morgan fingerprint density at radius 3 is 2.21 bits per heavy atom. The van der Waals surface area contributed by atoms with Crippen LogP contribution in [0, 0.1) is 5.92 Å². The van der Waals surface area contributed by atoms with Gasteiger partial charge in [-0.25, -0.2) is 0 Å². The summed E-state index contributed by atoms with van der Waals surface area (Å²) in [5.74, 6) is -0.756. The summed E-state index contributed by atoms with van der Waals surface area (Å²) in [6.45, 7) is 8.38. The quantitative estimate of drug-likeness (QED) is 0.246. The Labute approximate surface area is 177 Å². The maximum atomic E-state index is 12.3. The van der Waals surface area contributed by atoms with E-state index in [0.29, 0.717) is 37.3 Å². The van der Waals surface area contributed by atoms with E-state index in [1.165, 1.54) is 17.1 Å². The van der Waals surface area contributed by atoms with Crippen molar-refractivity contribution in [3.63, 3.8) is 0 Å². The van der Waals surface area contributed by atoms with Crippen molar-refractivity contribution in [2.75, 3.05) is 13.1 Å². The molecule has 1 aliphatic rings. The molecule has 0 bridgehead atoms. The van der Waals surface area contributed by atoms with Crippen LogP contribution < -0.4 is 16.0 Å². The number of imide groups is 1. The van der Waals surface area contributed by atoms with Crippen LogP contribution in [0.2, 0.25) is 0 Å². The highest BCUT2D eigenvalue weighted by Gasteiger charge is 2.24. The zero-order valence-electron chi connectivity index (χ0n) is 17.6. The molecule has 0 saturated carbocycles. The molecular weight excluding hydrogens is 392 g/mol. The molecule has 3 N–H and O–H groups in total. The van der Waals surface area contributed by atoms with Gasteiger partial charge in [0.1, 0.15) is 6.04 Å². The highest BCUT2D eigenvalue weighted by molar-refractivity contribution is 7.80. The zero-order valence-corrected chi connectivity index (χ0v) is 18.4. The first kappa shape index (κ1) is 24.7. The van der Waals surface area contributed by atoms with Crippen LogP contribution in [0.1, 0.15) is 53.4 Å². The largest absolute Gasteiger partial charge is 0.367 e. The van der Waals surface area contributed by atoms with Crippen LogP contribution >= 0.6 is 12.2 Å². The van der Waals surface area contributed by atoms with E-state index in [2.05, 4.69) is 16.0 Å². The van der Waals surface area contributed by atoms with Crippen LogP contribution in [0.4, 0.5) is 0 Å². The molecule has 1 rings (SSSR count). The Hall–Kier alpha value is -2.29. The number of likely N-dealkylation sites (N-methyl/N-ethyl adjacent to an activating group) is 1. The lowest BCUT2D eigenvalue weighted by molar-refractivity contribution is -0.137. The van der Waals surface area contributed by atoms with Gasteiger partial charge < -0.3 is 16.0 Å². The van der Waals surface area contributed by atoms with E-state index in [0.717, 1.165) is 6.42 Å². The number of nitrogens with one attached hydrogen (secondary N) is 3. The number of carbonyl (C=O) groups is 4. The Balaban J connectivity index is 2.36. The number of hydrogen-bond donors (Lipinski definition) is 3. The molecule has 2 atom stereocenters. The standard InChI is InChI=1S/C20H32N4O4S/c1-5-21-19(28)14(4)22-20(29)18(13(2)3)23-15(25)9-7-6-8-12-24-16(26)10-11-17(24)27/h10-11,13-14,18H,5-9,12H2,1-4H3,(H,21,28)(H,22,29)(H,23,25)/t14-,18-/m0/s1. The number of hydrogen-bond acceptors (Lipinski definition) is 5. The third-order valence-electron chi connectivity index (χ3n) is 4.55. The van der Waals surface area contributed by atoms with Gasteiger partial charge in [0.05, 0.1) is 11.0 Å². The van der Waals surface area contributed by atoms with Crippen molar-refractivity contribution in [2.45, 2.75) is 65.5 Å². The third kappa shape index (κ3) is 8.31. The Bertz CT molecular complexity index is 645. The van der Waals surface area contributed by atoms with Crippen LogP contribution in [0.3, 0.4) is 0 Å². The number of amides is 4. The van der Waals surface area contributed by atoms with Crippen LogP contribution in [0.25, 0.3) is 0 Å². The molecule has 0 radical (unpaired) electrons. The van der Waals surface area contributed by atoms with Crippen molar-refractivity contribution < 1.29 is 19.2 Å². The zero-order chi connectivity index (χ0) is 22.0. The Morgan fingerprint density at radius 2 is 1.66 bits per heavy atom. The van der Waals surface area contributed by atoms with E-state index in [4.69, 9.17) is 12.2 Å². The second-order valence-corrected chi connectivity index (χ2v) is 7.83. The van der Waals surface area contributed by atoms with Crippen LogP contribution in [0.15, 0.2) is 12.2 Å². The molecule has 29 heavy (non-hydrogen) atoms. The van der Waals surface area contributed by atoms with Crippen molar-refractivity contribution >= 4 is 40.8 Å². The fourth-order valence-electron chi connectivity index (χ4n) is 2.86. The summed E-state index contributed by atoms with van der Waals surface area (Å²) in [7, 11) is 0. The summed E-state index contributed by atoms with van der Waals surface area (Å²) >= 11 is 5.41. The van der Waals surface area contributed by atoms with Crippen molar-refractivity contribution in [2.24, 2.45) is 5.92 Å². The average Bonchev–Trinajstić information content (AvgIpc) is 2.97. The topological polar surface area (TPSA) is 108 Å². The molecule has 8 nitrogen and oxygen atoms in total. The summed E-state index contributed by atoms with van der Waals surface area (Å²) in [4.78, 5) is 48.7. The summed E-state index contributed by atoms with van der Waals surface area (Å²) in [6.07, 6.45) is 4.91. The van der Waals surface area contributed by atoms with Crippen LogP contribution in [-0.2, 0) is 19.2 Å². The number of unbranched alkanes of at least 4 members (excludes halogenated alkanes) is 2. The van der Waals surface area contributed by atoms with Crippen molar-refractivity contribution in [3.8, 4) is 0 Å². The van der Waals surface area contributed by atoms with Gasteiger partial charge in [-0.15, -0.1) is 0 Å². The van der Waals surface area contributed by atoms with Gasteiger partial charge in [-0.3, -0.25) is 24.1 Å². The molecule has 0 spiro atoms. The molecule has 0 fully saturated rings. The molecule has 0 aliphatic carbocycles. The average molecular weight is 425 g/mol. The van der Waals surface area contributed by atoms with Gasteiger partial charge in [0, 0.05) is 31.7 Å². The highest BCUT2D eigenvalue weighted by Crippen LogP contribution is 2.09. The number of carbonyl (C=O) groups excluding carboxylic acids is 4. The first-order valence-electron chi connectivity index (χ1n) is 10.1. The van der Waals surface area contributed by atoms with E-state index in [9.17, 15) is 19.2 Å². The van der Waals surface area contributed by atoms with Gasteiger partial charge in [0.25, 0.3) is 11.8 Å². The fourth-order valence-corrected chi connectivity index (χ4v) is 3.37. The van der Waals surface area contributed by atoms with E-state index < -0.39 is 6.04 Å². The molecule has 0 saturated heterocycles. The summed E-state index contributed by atoms with van der Waals surface area (Å²) in [5, 5.41) is 8.66. The minimum absolute atomic E-state index is 0.0695. The minimum atomic E-state index is -0.480. The van der Waals surface area contributed by atoms with Gasteiger partial charge in [-0.1, -0.05) is 32.5 Å². The molecular formula is C20H32N4O4S. The predicted octanol–water partition coefficient (Wildman–Crippen LogP) is 1.05. The molecule has 1 heterocycles. The molecule has 9 heteroatoms. The van der Waals surface area contributed by atoms with Gasteiger partial charge in [-0.2, -0.15) is 0 Å². The van der Waals surface area contributed by atoms with Gasteiger partial charge in [0.15, 0.2) is 0 Å². The number of rotatable bonds is 12. The lowest BCUT2D eigenvalue weighted by Crippen LogP contribution is -2.53. The van der Waals surface area contributed by atoms with E-state index in [1.807, 2.05) is 20.8 Å². The van der Waals surface area contributed by atoms with Crippen LogP contribution in [-0.4, -0.2) is 58.7 Å². The molecule has 0 aromatic rings. The number of thiocarbonyl (C=S) groups is 1. The molecule has 162 valence electrons. The Morgan fingerprint density at radius 1 is 1.03 bits per heavy atom. The first-order chi connectivity index (χ1) is 13.7. The van der Waals surface area contributed by atoms with Crippen LogP contribution in [0.5, 0.6) is 0 Å². The SMILES string of the molecule is CCNC(=O)[C@H](C)NC(=S)[C@@H](NC(=O)CCCCCN1C(=O)C=CC1=O)C(C)C. The maximum Gasteiger partial charge on any atom is 0.253 e. The lowest BCUT2D eigenvalue weighted by Gasteiger charge is -2.26. The molecule has 0 aromatic heterocycles. The minimum Gasteiger partial charge on any atom is -0.367 e. The van der Waals surface area contributed by atoms with Crippen molar-refractivity contribution in [1.82, 2.24) is 20.9 Å². The second kappa shape index (κ2) is 12.3. The van der Waals surface area contributed by atoms with E-state index in [-0.39, 0.29) is 35.6 Å². The Kier molecular flexibility index (Phi) is 10.5. The third-order valence-corrected chi connectivity index (χ3v) is 4.93. The molecule has 1 aliphatic heterocycles. The monoisotopic (exact) mass is 424 g/mol. The maximum absolute atomic E-state index is 12.3. The first-order valence-corrected chi connectivity index (χ1v) is 10.5. The summed E-state index contributed by atoms with van der Waals surface area (Å²) < 4.78 is 0. The molecule has 0 unspecified atom stereocenters. The van der Waals surface area contributed by atoms with E-state index in [1.54, 1.807) is 6.92 Å². The molecule has 4 amide bonds. The fraction of sp³-hybridized carbons (Fsp3) is 0.650. The summed E-state index contributed by atoms with van der Waals surface area (Å²) in [5.41, 5.74) is 0. The molecule has 0 aromatic carbocycles. The second-order valence-electron chi connectivity index (χ2n) is 7.39. The normalized spacial score (nSPS) is 15.4. The van der Waals surface area contributed by atoms with Crippen molar-refractivity contribution in [3.05, 3.63) is 12.2 Å². The predicted molar refractivity (Wildman–Crippen MR) is 115 cm³/mol. The van der Waals surface area contributed by atoms with Gasteiger partial charge in [-0.05, 0) is 32.6 Å². The van der Waals surface area contributed by atoms with Gasteiger partial charge in [0.2, 0.25) is 11.8 Å². The van der Waals surface area contributed by atoms with E-state index >= 15 is 0 Å². The number of nitrogens with zero attached hydrogens (tertiary/aromatic N) is 1. The lowest BCUT2D eigenvalue weighted by atomic mass is 10.0.